The van der Waals surface area contributed by atoms with Crippen LogP contribution in [0.4, 0.5) is 0 Å². The van der Waals surface area contributed by atoms with Gasteiger partial charge in [-0.2, -0.15) is 0 Å². The highest BCUT2D eigenvalue weighted by Crippen LogP contribution is 2.38. The van der Waals surface area contributed by atoms with E-state index in [9.17, 15) is 14.7 Å². The Balaban J connectivity index is 1.76. The van der Waals surface area contributed by atoms with E-state index >= 15 is 0 Å². The first-order valence-corrected chi connectivity index (χ1v) is 9.92. The fraction of sp³-hybridized carbons (Fsp3) is 0.524. The van der Waals surface area contributed by atoms with Crippen LogP contribution in [0.3, 0.4) is 0 Å². The van der Waals surface area contributed by atoms with E-state index in [1.807, 2.05) is 31.2 Å². The van der Waals surface area contributed by atoms with Crippen molar-refractivity contribution >= 4 is 11.7 Å². The second-order valence-corrected chi connectivity index (χ2v) is 7.19. The van der Waals surface area contributed by atoms with Crippen LogP contribution >= 0.6 is 0 Å². The number of hydrogen-bond donors (Lipinski definition) is 2. The van der Waals surface area contributed by atoms with Crippen LogP contribution in [0, 0.1) is 0 Å². The molecule has 1 aromatic carbocycles. The van der Waals surface area contributed by atoms with Crippen molar-refractivity contribution in [2.24, 2.45) is 0 Å². The Bertz CT molecular complexity index is 738. The van der Waals surface area contributed by atoms with Crippen LogP contribution in [0.1, 0.15) is 31.9 Å². The third kappa shape index (κ3) is 4.36. The minimum atomic E-state index is -0.555. The van der Waals surface area contributed by atoms with Crippen molar-refractivity contribution in [1.82, 2.24) is 4.90 Å². The molecule has 2 heterocycles. The molecule has 2 aliphatic heterocycles. The normalized spacial score (nSPS) is 20.7. The van der Waals surface area contributed by atoms with Crippen LogP contribution in [0.15, 0.2) is 35.6 Å². The number of quaternary nitrogens is 1. The van der Waals surface area contributed by atoms with Crippen LogP contribution in [-0.4, -0.2) is 67.7 Å². The van der Waals surface area contributed by atoms with Gasteiger partial charge in [0.1, 0.15) is 18.8 Å². The summed E-state index contributed by atoms with van der Waals surface area (Å²) in [4.78, 5) is 27.9. The third-order valence-electron chi connectivity index (χ3n) is 5.32. The smallest absolute Gasteiger partial charge is 0.290 e. The topological polar surface area (TPSA) is 80.5 Å². The summed E-state index contributed by atoms with van der Waals surface area (Å²) in [6.45, 7) is 8.76. The summed E-state index contributed by atoms with van der Waals surface area (Å²) in [5.74, 6) is -0.451. The molecular formula is C21H29N2O5+. The molecule has 3 rings (SSSR count). The molecule has 1 amide bonds. The molecule has 0 saturated carbocycles. The molecule has 2 N–H and O–H groups in total. The summed E-state index contributed by atoms with van der Waals surface area (Å²) in [6.07, 6.45) is 0.799. The molecule has 7 heteroatoms. The summed E-state index contributed by atoms with van der Waals surface area (Å²) in [6, 6.07) is 6.80. The first-order chi connectivity index (χ1) is 13.5. The van der Waals surface area contributed by atoms with Crippen molar-refractivity contribution in [1.29, 1.82) is 0 Å². The Labute approximate surface area is 165 Å². The fourth-order valence-corrected chi connectivity index (χ4v) is 3.91. The van der Waals surface area contributed by atoms with Crippen molar-refractivity contribution in [2.45, 2.75) is 26.3 Å². The van der Waals surface area contributed by atoms with Gasteiger partial charge in [0.05, 0.1) is 38.0 Å². The molecule has 0 aromatic heterocycles. The van der Waals surface area contributed by atoms with Crippen LogP contribution in [-0.2, 0) is 14.3 Å². The van der Waals surface area contributed by atoms with Gasteiger partial charge in [-0.1, -0.05) is 12.1 Å². The highest BCUT2D eigenvalue weighted by Gasteiger charge is 2.42. The van der Waals surface area contributed by atoms with E-state index in [2.05, 4.69) is 0 Å². The molecule has 1 saturated heterocycles. The summed E-state index contributed by atoms with van der Waals surface area (Å²) in [7, 11) is 0. The van der Waals surface area contributed by atoms with E-state index in [-0.39, 0.29) is 11.4 Å². The van der Waals surface area contributed by atoms with Crippen molar-refractivity contribution in [3.63, 3.8) is 0 Å². The summed E-state index contributed by atoms with van der Waals surface area (Å²) >= 11 is 0. The first-order valence-electron chi connectivity index (χ1n) is 9.92. The average Bonchev–Trinajstić information content (AvgIpc) is 2.95. The largest absolute Gasteiger partial charge is 0.503 e. The maximum absolute atomic E-state index is 12.7. The van der Waals surface area contributed by atoms with Crippen molar-refractivity contribution in [3.05, 3.63) is 41.2 Å². The maximum Gasteiger partial charge on any atom is 0.290 e. The Morgan fingerprint density at radius 3 is 2.57 bits per heavy atom. The number of nitrogens with one attached hydrogen (secondary N) is 1. The van der Waals surface area contributed by atoms with Gasteiger partial charge in [-0.25, -0.2) is 0 Å². The predicted octanol–water partition coefficient (Wildman–Crippen LogP) is 0.675. The Morgan fingerprint density at radius 1 is 1.29 bits per heavy atom. The fourth-order valence-electron chi connectivity index (χ4n) is 3.91. The molecule has 0 unspecified atom stereocenters. The second-order valence-electron chi connectivity index (χ2n) is 7.19. The molecule has 2 aliphatic rings. The first kappa shape index (κ1) is 20.4. The number of nitrogens with zero attached hydrogens (tertiary/aromatic N) is 1. The third-order valence-corrected chi connectivity index (χ3v) is 5.32. The molecule has 0 aliphatic carbocycles. The van der Waals surface area contributed by atoms with Gasteiger partial charge in [-0.3, -0.25) is 9.59 Å². The van der Waals surface area contributed by atoms with Crippen LogP contribution in [0.5, 0.6) is 5.75 Å². The highest BCUT2D eigenvalue weighted by atomic mass is 16.5. The van der Waals surface area contributed by atoms with Gasteiger partial charge in [-0.15, -0.1) is 0 Å². The monoisotopic (exact) mass is 389 g/mol. The number of aliphatic hydroxyl groups is 1. The molecular weight excluding hydrogens is 360 g/mol. The Hall–Kier alpha value is -2.38. The van der Waals surface area contributed by atoms with Gasteiger partial charge in [-0.05, 0) is 31.5 Å². The van der Waals surface area contributed by atoms with Gasteiger partial charge in [0.15, 0.2) is 11.5 Å². The van der Waals surface area contributed by atoms with E-state index in [1.165, 1.54) is 11.8 Å². The number of aliphatic hydroxyl groups excluding tert-OH is 1. The zero-order chi connectivity index (χ0) is 20.1. The van der Waals surface area contributed by atoms with E-state index in [0.717, 1.165) is 50.6 Å². The van der Waals surface area contributed by atoms with Gasteiger partial charge in [0.25, 0.3) is 5.91 Å². The number of amides is 1. The number of benzene rings is 1. The standard InChI is InChI=1S/C21H28N2O5/c1-3-28-17-7-5-16(6-8-17)19-18(15(2)24)20(25)21(26)23(19)10-4-9-22-11-13-27-14-12-22/h5-8,19,25H,3-4,9-14H2,1-2H3/p+1/t19-/m0/s1. The lowest BCUT2D eigenvalue weighted by Gasteiger charge is -2.28. The molecule has 28 heavy (non-hydrogen) atoms. The highest BCUT2D eigenvalue weighted by molar-refractivity contribution is 6.08. The Kier molecular flexibility index (Phi) is 6.70. The summed E-state index contributed by atoms with van der Waals surface area (Å²) < 4.78 is 10.9. The van der Waals surface area contributed by atoms with E-state index in [0.29, 0.717) is 13.2 Å². The lowest BCUT2D eigenvalue weighted by atomic mass is 9.96. The number of Topliss-reactive ketones (excluding diaryl/α,β-unsaturated/α-hetero) is 1. The number of ketones is 1. The number of hydrogen-bond acceptors (Lipinski definition) is 5. The van der Waals surface area contributed by atoms with Gasteiger partial charge in [0, 0.05) is 13.0 Å². The molecule has 1 aromatic rings. The van der Waals surface area contributed by atoms with E-state index in [4.69, 9.17) is 9.47 Å². The number of ether oxygens (including phenoxy) is 2. The number of rotatable bonds is 8. The SMILES string of the molecule is CCOc1ccc([C@H]2C(C(C)=O)=C(O)C(=O)N2CCC[NH+]2CCOCC2)cc1. The zero-order valence-electron chi connectivity index (χ0n) is 16.6. The summed E-state index contributed by atoms with van der Waals surface area (Å²) in [5.41, 5.74) is 0.970. The van der Waals surface area contributed by atoms with Gasteiger partial charge < -0.3 is 24.4 Å². The molecule has 1 fully saturated rings. The molecule has 1 atom stereocenters. The van der Waals surface area contributed by atoms with Crippen molar-refractivity contribution in [3.8, 4) is 5.75 Å². The predicted molar refractivity (Wildman–Crippen MR) is 103 cm³/mol. The zero-order valence-corrected chi connectivity index (χ0v) is 16.6. The minimum Gasteiger partial charge on any atom is -0.503 e. The van der Waals surface area contributed by atoms with Crippen LogP contribution in [0.2, 0.25) is 0 Å². The lowest BCUT2D eigenvalue weighted by molar-refractivity contribution is -0.908. The number of carbonyl (C=O) groups is 2. The molecule has 0 radical (unpaired) electrons. The quantitative estimate of drug-likeness (QED) is 0.683. The minimum absolute atomic E-state index is 0.174. The van der Waals surface area contributed by atoms with Crippen molar-refractivity contribution < 1.29 is 29.1 Å². The molecule has 7 nitrogen and oxygen atoms in total. The van der Waals surface area contributed by atoms with Crippen LogP contribution in [0.25, 0.3) is 0 Å². The molecule has 152 valence electrons. The molecule has 0 bridgehead atoms. The number of carbonyl (C=O) groups excluding carboxylic acids is 2. The number of morpholine rings is 1. The lowest BCUT2D eigenvalue weighted by Crippen LogP contribution is -3.14. The second kappa shape index (κ2) is 9.21. The molecule has 0 spiro atoms. The van der Waals surface area contributed by atoms with E-state index in [1.54, 1.807) is 4.90 Å². The van der Waals surface area contributed by atoms with E-state index < -0.39 is 17.7 Å². The average molecular weight is 389 g/mol. The Morgan fingerprint density at radius 2 is 1.96 bits per heavy atom. The van der Waals surface area contributed by atoms with Gasteiger partial charge >= 0.3 is 0 Å². The van der Waals surface area contributed by atoms with Gasteiger partial charge in [0.2, 0.25) is 0 Å². The summed E-state index contributed by atoms with van der Waals surface area (Å²) in [5, 5.41) is 10.3. The van der Waals surface area contributed by atoms with Crippen LogP contribution < -0.4 is 9.64 Å². The van der Waals surface area contributed by atoms with Crippen molar-refractivity contribution in [2.75, 3.05) is 46.0 Å². The maximum atomic E-state index is 12.7.